The Labute approximate surface area is 149 Å². The van der Waals surface area contributed by atoms with Gasteiger partial charge in [0, 0.05) is 0 Å². The van der Waals surface area contributed by atoms with E-state index in [1.54, 1.807) is 0 Å². The number of aliphatic carboxylic acids is 1. The molecule has 0 saturated heterocycles. The summed E-state index contributed by atoms with van der Waals surface area (Å²) in [4.78, 5) is 23.4. The maximum atomic E-state index is 12.0. The van der Waals surface area contributed by atoms with E-state index in [2.05, 4.69) is 41.5 Å². The van der Waals surface area contributed by atoms with Crippen molar-refractivity contribution in [3.8, 4) is 0 Å². The molecule has 24 heavy (non-hydrogen) atoms. The molecule has 0 heterocycles. The molecule has 0 spiro atoms. The van der Waals surface area contributed by atoms with E-state index in [9.17, 15) is 9.90 Å². The normalized spacial score (nSPS) is 16.2. The van der Waals surface area contributed by atoms with Crippen LogP contribution < -0.4 is 0 Å². The molecular formula is C20H40O4. The highest BCUT2D eigenvalue weighted by molar-refractivity contribution is 5.71. The van der Waals surface area contributed by atoms with Crippen LogP contribution in [-0.2, 0) is 14.6 Å². The molecule has 0 fully saturated rings. The molecule has 0 aromatic heterocycles. The number of carbonyl (C=O) groups is 1. The minimum absolute atomic E-state index is 0.273. The van der Waals surface area contributed by atoms with E-state index in [4.69, 9.17) is 9.78 Å². The maximum absolute atomic E-state index is 12.0. The smallest absolute Gasteiger partial charge is 0.309 e. The van der Waals surface area contributed by atoms with Gasteiger partial charge < -0.3 is 5.11 Å². The molecule has 4 nitrogen and oxygen atoms in total. The maximum Gasteiger partial charge on any atom is 0.309 e. The van der Waals surface area contributed by atoms with Crippen molar-refractivity contribution < 1.29 is 19.7 Å². The first-order valence-corrected chi connectivity index (χ1v) is 9.68. The molecule has 0 saturated carbocycles. The summed E-state index contributed by atoms with van der Waals surface area (Å²) < 4.78 is 0. The molecule has 0 aromatic rings. The molecule has 0 aliphatic rings. The van der Waals surface area contributed by atoms with Crippen molar-refractivity contribution in [3.05, 3.63) is 0 Å². The molecule has 0 bridgehead atoms. The summed E-state index contributed by atoms with van der Waals surface area (Å²) in [5.41, 5.74) is -1.19. The predicted molar refractivity (Wildman–Crippen MR) is 98.9 cm³/mol. The van der Waals surface area contributed by atoms with Gasteiger partial charge in [0.05, 0.1) is 12.5 Å². The van der Waals surface area contributed by atoms with Gasteiger partial charge in [0.25, 0.3) is 0 Å². The molecule has 144 valence electrons. The molecule has 0 rings (SSSR count). The van der Waals surface area contributed by atoms with Gasteiger partial charge in [-0.25, -0.2) is 9.78 Å². The minimum Gasteiger partial charge on any atom is -0.481 e. The van der Waals surface area contributed by atoms with Gasteiger partial charge in [-0.1, -0.05) is 73.6 Å². The van der Waals surface area contributed by atoms with Crippen molar-refractivity contribution in [3.63, 3.8) is 0 Å². The Hall–Kier alpha value is -0.610. The lowest BCUT2D eigenvalue weighted by Gasteiger charge is -2.48. The van der Waals surface area contributed by atoms with E-state index in [-0.39, 0.29) is 11.3 Å². The van der Waals surface area contributed by atoms with E-state index < -0.39 is 17.5 Å². The third kappa shape index (κ3) is 6.36. The summed E-state index contributed by atoms with van der Waals surface area (Å²) in [6.07, 6.45) is 6.88. The lowest BCUT2D eigenvalue weighted by atomic mass is 9.62. The largest absolute Gasteiger partial charge is 0.481 e. The van der Waals surface area contributed by atoms with Gasteiger partial charge in [0.2, 0.25) is 0 Å². The van der Waals surface area contributed by atoms with E-state index in [1.807, 2.05) is 6.92 Å². The highest BCUT2D eigenvalue weighted by Gasteiger charge is 2.53. The second kappa shape index (κ2) is 11.1. The molecule has 0 amide bonds. The first-order valence-electron chi connectivity index (χ1n) is 9.68. The van der Waals surface area contributed by atoms with Gasteiger partial charge in [0.1, 0.15) is 5.60 Å². The van der Waals surface area contributed by atoms with Crippen LogP contribution in [0.15, 0.2) is 0 Å². The Morgan fingerprint density at radius 1 is 1.00 bits per heavy atom. The van der Waals surface area contributed by atoms with Gasteiger partial charge >= 0.3 is 5.97 Å². The SMILES string of the molecule is CCCCCCOOC(C)(C(CCCC)C(=O)O)C(C)(C)C(C)C. The van der Waals surface area contributed by atoms with Crippen LogP contribution in [0.3, 0.4) is 0 Å². The molecule has 0 radical (unpaired) electrons. The lowest BCUT2D eigenvalue weighted by Crippen LogP contribution is -2.55. The van der Waals surface area contributed by atoms with Gasteiger partial charge in [-0.3, -0.25) is 4.79 Å². The highest BCUT2D eigenvalue weighted by Crippen LogP contribution is 2.47. The number of hydrogen-bond acceptors (Lipinski definition) is 3. The Morgan fingerprint density at radius 3 is 2.04 bits per heavy atom. The third-order valence-electron chi connectivity index (χ3n) is 5.85. The highest BCUT2D eigenvalue weighted by atomic mass is 17.2. The van der Waals surface area contributed by atoms with E-state index in [0.29, 0.717) is 13.0 Å². The molecule has 0 aliphatic carbocycles. The molecule has 4 heteroatoms. The Balaban J connectivity index is 5.16. The van der Waals surface area contributed by atoms with Crippen LogP contribution in [0.25, 0.3) is 0 Å². The number of rotatable bonds is 14. The van der Waals surface area contributed by atoms with Crippen molar-refractivity contribution in [1.29, 1.82) is 0 Å². The fourth-order valence-electron chi connectivity index (χ4n) is 2.98. The fourth-order valence-corrected chi connectivity index (χ4v) is 2.98. The van der Waals surface area contributed by atoms with Crippen LogP contribution in [0.4, 0.5) is 0 Å². The fraction of sp³-hybridized carbons (Fsp3) is 0.950. The average Bonchev–Trinajstić information content (AvgIpc) is 2.50. The third-order valence-corrected chi connectivity index (χ3v) is 5.85. The van der Waals surface area contributed by atoms with Crippen LogP contribution >= 0.6 is 0 Å². The van der Waals surface area contributed by atoms with Crippen molar-refractivity contribution in [1.82, 2.24) is 0 Å². The van der Waals surface area contributed by atoms with Gasteiger partial charge in [-0.15, -0.1) is 0 Å². The summed E-state index contributed by atoms with van der Waals surface area (Å²) in [6.45, 7) is 15.1. The zero-order valence-electron chi connectivity index (χ0n) is 17.0. The van der Waals surface area contributed by atoms with Crippen molar-refractivity contribution in [2.75, 3.05) is 6.61 Å². The monoisotopic (exact) mass is 344 g/mol. The van der Waals surface area contributed by atoms with Crippen molar-refractivity contribution in [2.45, 2.75) is 99.0 Å². The number of unbranched alkanes of at least 4 members (excludes halogenated alkanes) is 4. The average molecular weight is 345 g/mol. The quantitative estimate of drug-likeness (QED) is 0.244. The summed E-state index contributed by atoms with van der Waals surface area (Å²) in [6, 6.07) is 0. The van der Waals surface area contributed by atoms with E-state index in [0.717, 1.165) is 25.7 Å². The summed E-state index contributed by atoms with van der Waals surface area (Å²) in [7, 11) is 0. The lowest BCUT2D eigenvalue weighted by molar-refractivity contribution is -0.394. The Kier molecular flexibility index (Phi) is 10.8. The van der Waals surface area contributed by atoms with Crippen molar-refractivity contribution in [2.24, 2.45) is 17.3 Å². The van der Waals surface area contributed by atoms with Crippen LogP contribution in [-0.4, -0.2) is 23.3 Å². The second-order valence-electron chi connectivity index (χ2n) is 7.98. The van der Waals surface area contributed by atoms with Gasteiger partial charge in [-0.05, 0) is 31.1 Å². The zero-order valence-corrected chi connectivity index (χ0v) is 17.0. The Morgan fingerprint density at radius 2 is 1.58 bits per heavy atom. The van der Waals surface area contributed by atoms with Crippen LogP contribution in [0.2, 0.25) is 0 Å². The molecule has 0 aliphatic heterocycles. The van der Waals surface area contributed by atoms with Crippen LogP contribution in [0, 0.1) is 17.3 Å². The van der Waals surface area contributed by atoms with E-state index >= 15 is 0 Å². The Bertz CT molecular complexity index is 352. The summed E-state index contributed by atoms with van der Waals surface area (Å²) >= 11 is 0. The zero-order chi connectivity index (χ0) is 18.8. The van der Waals surface area contributed by atoms with Gasteiger partial charge in [0.15, 0.2) is 0 Å². The summed E-state index contributed by atoms with van der Waals surface area (Å²) in [5, 5.41) is 9.82. The number of carboxylic acids is 1. The van der Waals surface area contributed by atoms with Crippen LogP contribution in [0.1, 0.15) is 93.4 Å². The minimum atomic E-state index is -0.868. The van der Waals surface area contributed by atoms with Crippen LogP contribution in [0.5, 0.6) is 0 Å². The standard InChI is InChI=1S/C20H40O4/c1-8-10-12-13-15-23-24-20(7,19(5,6)16(3)4)17(18(21)22)14-11-9-2/h16-17H,8-15H2,1-7H3,(H,21,22). The molecule has 1 N–H and O–H groups in total. The molecular weight excluding hydrogens is 304 g/mol. The topological polar surface area (TPSA) is 55.8 Å². The summed E-state index contributed by atoms with van der Waals surface area (Å²) in [5.74, 6) is -1.10. The first kappa shape index (κ1) is 23.4. The first-order chi connectivity index (χ1) is 11.1. The molecule has 0 aromatic carbocycles. The predicted octanol–water partition coefficient (Wildman–Crippen LogP) is 5.85. The number of hydrogen-bond donors (Lipinski definition) is 1. The van der Waals surface area contributed by atoms with E-state index in [1.165, 1.54) is 12.8 Å². The van der Waals surface area contributed by atoms with Gasteiger partial charge in [-0.2, -0.15) is 0 Å². The second-order valence-corrected chi connectivity index (χ2v) is 7.98. The number of carboxylic acid groups (broad SMARTS) is 1. The molecule has 2 unspecified atom stereocenters. The van der Waals surface area contributed by atoms with Crippen molar-refractivity contribution >= 4 is 5.97 Å². The molecule has 2 atom stereocenters.